The number of hydrogen-bond donors (Lipinski definition) is 3. The molecule has 0 spiro atoms. The van der Waals surface area contributed by atoms with E-state index >= 15 is 0 Å². The largest absolute Gasteiger partial charge is 0.352 e. The van der Waals surface area contributed by atoms with Crippen molar-refractivity contribution in [2.45, 2.75) is 6.42 Å². The van der Waals surface area contributed by atoms with Crippen LogP contribution in [-0.4, -0.2) is 17.4 Å². The number of nitrogens with two attached hydrogens (primary N) is 1. The Hall–Kier alpha value is -1.34. The number of hydrazine groups is 1. The van der Waals surface area contributed by atoms with Crippen LogP contribution in [0.25, 0.3) is 0 Å². The first-order chi connectivity index (χ1) is 9.60. The van der Waals surface area contributed by atoms with Crippen LogP contribution in [0.2, 0.25) is 9.36 Å². The van der Waals surface area contributed by atoms with Gasteiger partial charge in [0.15, 0.2) is 5.82 Å². The maximum atomic E-state index is 11.9. The van der Waals surface area contributed by atoms with E-state index in [0.29, 0.717) is 22.9 Å². The van der Waals surface area contributed by atoms with Crippen molar-refractivity contribution in [2.24, 2.45) is 5.84 Å². The molecule has 8 heteroatoms. The number of nitrogens with zero attached hydrogens (tertiary/aromatic N) is 1. The first kappa shape index (κ1) is 15.1. The van der Waals surface area contributed by atoms with E-state index < -0.39 is 0 Å². The summed E-state index contributed by atoms with van der Waals surface area (Å²) in [6, 6.07) is 5.30. The SMILES string of the molecule is NNc1ncc(C(=O)NCCc2ccc(Cl)s2)cc1Cl. The summed E-state index contributed by atoms with van der Waals surface area (Å²) in [4.78, 5) is 17.0. The molecule has 4 N–H and O–H groups in total. The second kappa shape index (κ2) is 6.90. The van der Waals surface area contributed by atoms with Crippen LogP contribution in [-0.2, 0) is 6.42 Å². The molecule has 2 aromatic rings. The van der Waals surface area contributed by atoms with Gasteiger partial charge in [-0.3, -0.25) is 4.79 Å². The number of halogens is 2. The van der Waals surface area contributed by atoms with Crippen LogP contribution >= 0.6 is 34.5 Å². The molecule has 0 bridgehead atoms. The van der Waals surface area contributed by atoms with Gasteiger partial charge in [0.2, 0.25) is 0 Å². The quantitative estimate of drug-likeness (QED) is 0.581. The fourth-order valence-electron chi connectivity index (χ4n) is 1.56. The number of thiophene rings is 1. The first-order valence-electron chi connectivity index (χ1n) is 5.74. The number of pyridine rings is 1. The molecule has 2 aromatic heterocycles. The van der Waals surface area contributed by atoms with Gasteiger partial charge in [-0.25, -0.2) is 10.8 Å². The van der Waals surface area contributed by atoms with Crippen molar-refractivity contribution in [2.75, 3.05) is 12.0 Å². The summed E-state index contributed by atoms with van der Waals surface area (Å²) in [5.74, 6) is 5.32. The maximum absolute atomic E-state index is 11.9. The molecule has 0 unspecified atom stereocenters. The van der Waals surface area contributed by atoms with Crippen molar-refractivity contribution in [3.8, 4) is 0 Å². The molecular weight excluding hydrogens is 319 g/mol. The second-order valence-corrected chi connectivity index (χ2v) is 6.12. The minimum atomic E-state index is -0.231. The minimum absolute atomic E-state index is 0.231. The molecule has 0 saturated carbocycles. The summed E-state index contributed by atoms with van der Waals surface area (Å²) in [6.07, 6.45) is 2.14. The van der Waals surface area contributed by atoms with Crippen LogP contribution in [0.1, 0.15) is 15.2 Å². The molecule has 0 aliphatic carbocycles. The maximum Gasteiger partial charge on any atom is 0.252 e. The zero-order valence-corrected chi connectivity index (χ0v) is 12.6. The molecular formula is C12H12Cl2N4OS. The molecule has 20 heavy (non-hydrogen) atoms. The van der Waals surface area contributed by atoms with Gasteiger partial charge in [0.25, 0.3) is 5.91 Å². The van der Waals surface area contributed by atoms with Crippen molar-refractivity contribution in [1.29, 1.82) is 0 Å². The lowest BCUT2D eigenvalue weighted by molar-refractivity contribution is 0.0954. The van der Waals surface area contributed by atoms with Gasteiger partial charge in [0.05, 0.1) is 14.9 Å². The number of rotatable bonds is 5. The third kappa shape index (κ3) is 3.83. The molecule has 0 aliphatic heterocycles. The Balaban J connectivity index is 1.90. The van der Waals surface area contributed by atoms with Gasteiger partial charge in [-0.2, -0.15) is 0 Å². The van der Waals surface area contributed by atoms with Crippen LogP contribution in [0.3, 0.4) is 0 Å². The van der Waals surface area contributed by atoms with Gasteiger partial charge in [-0.1, -0.05) is 23.2 Å². The number of nitrogen functional groups attached to an aromatic ring is 1. The third-order valence-electron chi connectivity index (χ3n) is 2.53. The predicted molar refractivity (Wildman–Crippen MR) is 82.4 cm³/mol. The van der Waals surface area contributed by atoms with Gasteiger partial charge in [-0.05, 0) is 24.6 Å². The average molecular weight is 331 g/mol. The fourth-order valence-corrected chi connectivity index (χ4v) is 2.86. The Morgan fingerprint density at radius 1 is 1.40 bits per heavy atom. The first-order valence-corrected chi connectivity index (χ1v) is 7.32. The van der Waals surface area contributed by atoms with Crippen molar-refractivity contribution >= 4 is 46.3 Å². The molecule has 0 aliphatic rings. The van der Waals surface area contributed by atoms with Gasteiger partial charge < -0.3 is 10.7 Å². The van der Waals surface area contributed by atoms with Gasteiger partial charge >= 0.3 is 0 Å². The lowest BCUT2D eigenvalue weighted by Crippen LogP contribution is -2.25. The van der Waals surface area contributed by atoms with Crippen LogP contribution in [0.5, 0.6) is 0 Å². The number of carbonyl (C=O) groups excluding carboxylic acids is 1. The summed E-state index contributed by atoms with van der Waals surface area (Å²) in [5, 5.41) is 3.09. The summed E-state index contributed by atoms with van der Waals surface area (Å²) in [6.45, 7) is 0.518. The van der Waals surface area contributed by atoms with Crippen molar-refractivity contribution in [3.63, 3.8) is 0 Å². The van der Waals surface area contributed by atoms with E-state index in [4.69, 9.17) is 29.0 Å². The molecule has 0 fully saturated rings. The molecule has 0 radical (unpaired) electrons. The number of hydrogen-bond acceptors (Lipinski definition) is 5. The third-order valence-corrected chi connectivity index (χ3v) is 4.10. The van der Waals surface area contributed by atoms with E-state index in [1.165, 1.54) is 23.6 Å². The molecule has 0 saturated heterocycles. The lowest BCUT2D eigenvalue weighted by atomic mass is 10.2. The molecule has 106 valence electrons. The van der Waals surface area contributed by atoms with Crippen LogP contribution < -0.4 is 16.6 Å². The van der Waals surface area contributed by atoms with E-state index in [2.05, 4.69) is 15.7 Å². The number of anilines is 1. The van der Waals surface area contributed by atoms with E-state index in [-0.39, 0.29) is 5.91 Å². The number of carbonyl (C=O) groups is 1. The predicted octanol–water partition coefficient (Wildman–Crippen LogP) is 2.71. The monoisotopic (exact) mass is 330 g/mol. The van der Waals surface area contributed by atoms with Crippen LogP contribution in [0.15, 0.2) is 24.4 Å². The molecule has 2 rings (SSSR count). The smallest absolute Gasteiger partial charge is 0.252 e. The number of nitrogens with one attached hydrogen (secondary N) is 2. The molecule has 0 aromatic carbocycles. The Labute approximate surface area is 130 Å². The molecule has 2 heterocycles. The number of aromatic nitrogens is 1. The van der Waals surface area contributed by atoms with E-state index in [0.717, 1.165) is 15.6 Å². The van der Waals surface area contributed by atoms with Gasteiger partial charge in [-0.15, -0.1) is 11.3 Å². The zero-order valence-electron chi connectivity index (χ0n) is 10.3. The average Bonchev–Trinajstić information content (AvgIpc) is 2.84. The highest BCUT2D eigenvalue weighted by molar-refractivity contribution is 7.16. The summed E-state index contributed by atoms with van der Waals surface area (Å²) >= 11 is 13.2. The normalized spacial score (nSPS) is 10.3. The van der Waals surface area contributed by atoms with Crippen molar-refractivity contribution < 1.29 is 4.79 Å². The summed E-state index contributed by atoms with van der Waals surface area (Å²) in [7, 11) is 0. The van der Waals surface area contributed by atoms with E-state index in [9.17, 15) is 4.79 Å². The Morgan fingerprint density at radius 2 is 2.20 bits per heavy atom. The van der Waals surface area contributed by atoms with E-state index in [1.807, 2.05) is 12.1 Å². The number of amides is 1. The zero-order chi connectivity index (χ0) is 14.5. The highest BCUT2D eigenvalue weighted by Gasteiger charge is 2.09. The lowest BCUT2D eigenvalue weighted by Gasteiger charge is -2.06. The summed E-state index contributed by atoms with van der Waals surface area (Å²) < 4.78 is 0.743. The van der Waals surface area contributed by atoms with Crippen LogP contribution in [0, 0.1) is 0 Å². The van der Waals surface area contributed by atoms with E-state index in [1.54, 1.807) is 0 Å². The fraction of sp³-hybridized carbons (Fsp3) is 0.167. The minimum Gasteiger partial charge on any atom is -0.352 e. The second-order valence-electron chi connectivity index (χ2n) is 3.91. The summed E-state index contributed by atoms with van der Waals surface area (Å²) in [5.41, 5.74) is 2.73. The topological polar surface area (TPSA) is 80.0 Å². The van der Waals surface area contributed by atoms with Crippen LogP contribution in [0.4, 0.5) is 5.82 Å². The highest BCUT2D eigenvalue weighted by atomic mass is 35.5. The Morgan fingerprint density at radius 3 is 2.80 bits per heavy atom. The van der Waals surface area contributed by atoms with Crippen molar-refractivity contribution in [1.82, 2.24) is 10.3 Å². The van der Waals surface area contributed by atoms with Gasteiger partial charge in [0.1, 0.15) is 0 Å². The highest BCUT2D eigenvalue weighted by Crippen LogP contribution is 2.21. The van der Waals surface area contributed by atoms with Crippen molar-refractivity contribution in [3.05, 3.63) is 44.2 Å². The molecule has 5 nitrogen and oxygen atoms in total. The Bertz CT molecular complexity index is 617. The Kier molecular flexibility index (Phi) is 5.19. The molecule has 0 atom stereocenters. The van der Waals surface area contributed by atoms with Gasteiger partial charge in [0, 0.05) is 17.6 Å². The molecule has 1 amide bonds. The standard InChI is InChI=1S/C12H12Cl2N4OS/c13-9-5-7(6-17-11(9)18-15)12(19)16-4-3-8-1-2-10(14)20-8/h1-2,5-6H,3-4,15H2,(H,16,19)(H,17,18).